The molecular weight excluding hydrogens is 474 g/mol. The molecule has 2 aliphatic heterocycles. The van der Waals surface area contributed by atoms with Crippen molar-refractivity contribution < 1.29 is 23.8 Å². The molecule has 0 aromatic carbocycles. The zero-order valence-electron chi connectivity index (χ0n) is 18.1. The molecule has 0 saturated carbocycles. The van der Waals surface area contributed by atoms with E-state index in [9.17, 15) is 9.59 Å². The van der Waals surface area contributed by atoms with Crippen LogP contribution < -0.4 is 10.1 Å². The SMILES string of the molecule is COC[C@@H]1C[C@@H](NC(=O)Oc2ccc(Cl)s2)CN1C(=O)c1cc2c(s1)CN(C)CC2OC. The molecule has 2 aromatic rings. The van der Waals surface area contributed by atoms with E-state index in [1.165, 1.54) is 22.7 Å². The lowest BCUT2D eigenvalue weighted by Crippen LogP contribution is -2.40. The average Bonchev–Trinajstić information content (AvgIpc) is 3.45. The van der Waals surface area contributed by atoms with Crippen molar-refractivity contribution in [3.8, 4) is 5.06 Å². The summed E-state index contributed by atoms with van der Waals surface area (Å²) >= 11 is 8.59. The van der Waals surface area contributed by atoms with E-state index in [2.05, 4.69) is 10.2 Å². The third-order valence-corrected chi connectivity index (χ3v) is 7.91. The lowest BCUT2D eigenvalue weighted by atomic mass is 10.1. The Bertz CT molecular complexity index is 981. The molecular formula is C21H26ClN3O5S2. The number of halogens is 1. The minimum absolute atomic E-state index is 0.0372. The Morgan fingerprint density at radius 2 is 2.06 bits per heavy atom. The predicted molar refractivity (Wildman–Crippen MR) is 124 cm³/mol. The lowest BCUT2D eigenvalue weighted by Gasteiger charge is -2.28. The number of likely N-dealkylation sites (tertiary alicyclic amines) is 1. The van der Waals surface area contributed by atoms with Crippen LogP contribution >= 0.6 is 34.3 Å². The van der Waals surface area contributed by atoms with Gasteiger partial charge in [0.2, 0.25) is 0 Å². The van der Waals surface area contributed by atoms with Gasteiger partial charge in [0.15, 0.2) is 5.06 Å². The highest BCUT2D eigenvalue weighted by Crippen LogP contribution is 2.36. The van der Waals surface area contributed by atoms with Gasteiger partial charge in [-0.25, -0.2) is 4.79 Å². The summed E-state index contributed by atoms with van der Waals surface area (Å²) in [5.74, 6) is -0.0494. The number of nitrogens with zero attached hydrogens (tertiary/aromatic N) is 2. The number of thiophene rings is 2. The summed E-state index contributed by atoms with van der Waals surface area (Å²) < 4.78 is 16.8. The molecule has 4 heterocycles. The van der Waals surface area contributed by atoms with Crippen molar-refractivity contribution in [3.05, 3.63) is 37.9 Å². The number of ether oxygens (including phenoxy) is 3. The van der Waals surface area contributed by atoms with Gasteiger partial charge in [0.25, 0.3) is 5.91 Å². The number of carbonyl (C=O) groups is 2. The topological polar surface area (TPSA) is 80.3 Å². The van der Waals surface area contributed by atoms with Crippen LogP contribution in [0, 0.1) is 0 Å². The van der Waals surface area contributed by atoms with E-state index < -0.39 is 6.09 Å². The van der Waals surface area contributed by atoms with Gasteiger partial charge in [-0.05, 0) is 37.2 Å². The van der Waals surface area contributed by atoms with E-state index in [1.54, 1.807) is 31.3 Å². The highest BCUT2D eigenvalue weighted by molar-refractivity contribution is 7.17. The summed E-state index contributed by atoms with van der Waals surface area (Å²) in [4.78, 5) is 31.5. The molecule has 2 amide bonds. The first-order valence-corrected chi connectivity index (χ1v) is 12.3. The van der Waals surface area contributed by atoms with Crippen molar-refractivity contribution in [1.82, 2.24) is 15.1 Å². The molecule has 32 heavy (non-hydrogen) atoms. The molecule has 0 spiro atoms. The summed E-state index contributed by atoms with van der Waals surface area (Å²) in [6, 6.07) is 4.92. The van der Waals surface area contributed by atoms with E-state index in [0.717, 1.165) is 23.5 Å². The molecule has 174 valence electrons. The Labute approximate surface area is 200 Å². The van der Waals surface area contributed by atoms with Gasteiger partial charge in [-0.3, -0.25) is 9.69 Å². The fourth-order valence-electron chi connectivity index (χ4n) is 4.24. The molecule has 11 heteroatoms. The second-order valence-corrected chi connectivity index (χ2v) is 10.8. The number of fused-ring (bicyclic) bond motifs is 1. The zero-order chi connectivity index (χ0) is 22.8. The van der Waals surface area contributed by atoms with Crippen molar-refractivity contribution in [2.24, 2.45) is 0 Å². The largest absolute Gasteiger partial charge is 0.413 e. The van der Waals surface area contributed by atoms with Gasteiger partial charge < -0.3 is 24.4 Å². The van der Waals surface area contributed by atoms with Gasteiger partial charge in [0, 0.05) is 38.7 Å². The zero-order valence-corrected chi connectivity index (χ0v) is 20.5. The maximum absolute atomic E-state index is 13.4. The molecule has 0 radical (unpaired) electrons. The second-order valence-electron chi connectivity index (χ2n) is 8.00. The van der Waals surface area contributed by atoms with Crippen LogP contribution in [0.4, 0.5) is 4.79 Å². The van der Waals surface area contributed by atoms with Crippen LogP contribution in [0.15, 0.2) is 18.2 Å². The molecule has 4 rings (SSSR count). The smallest absolute Gasteiger partial charge is 0.399 e. The van der Waals surface area contributed by atoms with Gasteiger partial charge in [-0.1, -0.05) is 22.9 Å². The number of hydrogen-bond acceptors (Lipinski definition) is 8. The van der Waals surface area contributed by atoms with Gasteiger partial charge in [0.05, 0.1) is 34.0 Å². The van der Waals surface area contributed by atoms with Crippen LogP contribution in [0.2, 0.25) is 4.34 Å². The second kappa shape index (κ2) is 10.1. The summed E-state index contributed by atoms with van der Waals surface area (Å²) in [7, 11) is 5.35. The third-order valence-electron chi connectivity index (χ3n) is 5.67. The third kappa shape index (κ3) is 5.11. The quantitative estimate of drug-likeness (QED) is 0.654. The van der Waals surface area contributed by atoms with Crippen molar-refractivity contribution in [1.29, 1.82) is 0 Å². The normalized spacial score (nSPS) is 23.2. The highest BCUT2D eigenvalue weighted by atomic mass is 35.5. The van der Waals surface area contributed by atoms with Crippen LogP contribution in [0.3, 0.4) is 0 Å². The van der Waals surface area contributed by atoms with Crippen LogP contribution in [0.25, 0.3) is 0 Å². The van der Waals surface area contributed by atoms with E-state index in [0.29, 0.717) is 33.8 Å². The Hall–Kier alpha value is -1.69. The molecule has 1 fully saturated rings. The molecule has 2 aromatic heterocycles. The number of hydrogen-bond donors (Lipinski definition) is 1. The maximum Gasteiger partial charge on any atom is 0.413 e. The Morgan fingerprint density at radius 1 is 1.25 bits per heavy atom. The Kier molecular flexibility index (Phi) is 7.38. The van der Waals surface area contributed by atoms with Crippen molar-refractivity contribution in [2.75, 3.05) is 41.0 Å². The molecule has 1 saturated heterocycles. The number of rotatable bonds is 6. The first-order chi connectivity index (χ1) is 15.4. The standard InChI is InChI=1S/C21H26ClN3O5S2/c1-24-9-15(29-3)14-7-16(31-17(14)10-24)20(26)25-8-12(6-13(25)11-28-2)23-21(27)30-19-5-4-18(22)32-19/h4-5,7,12-13,15H,6,8-11H2,1-3H3,(H,23,27)/t12-,13+,15?/m1/s1. The Balaban J connectivity index is 1.45. The summed E-state index contributed by atoms with van der Waals surface area (Å²) in [5, 5.41) is 3.29. The number of likely N-dealkylation sites (N-methyl/N-ethyl adjacent to an activating group) is 1. The van der Waals surface area contributed by atoms with Crippen molar-refractivity contribution >= 4 is 46.3 Å². The van der Waals surface area contributed by atoms with Crippen LogP contribution in [0.1, 0.15) is 32.6 Å². The number of methoxy groups -OCH3 is 2. The summed E-state index contributed by atoms with van der Waals surface area (Å²) in [5.41, 5.74) is 1.09. The minimum Gasteiger partial charge on any atom is -0.399 e. The van der Waals surface area contributed by atoms with Gasteiger partial charge in [-0.2, -0.15) is 0 Å². The van der Waals surface area contributed by atoms with E-state index in [-0.39, 0.29) is 24.1 Å². The fourth-order valence-corrected chi connectivity index (χ4v) is 6.36. The Morgan fingerprint density at radius 3 is 2.75 bits per heavy atom. The maximum atomic E-state index is 13.4. The van der Waals surface area contributed by atoms with Crippen LogP contribution in [-0.4, -0.2) is 74.8 Å². The van der Waals surface area contributed by atoms with E-state index >= 15 is 0 Å². The fraction of sp³-hybridized carbons (Fsp3) is 0.524. The van der Waals surface area contributed by atoms with Gasteiger partial charge >= 0.3 is 6.09 Å². The van der Waals surface area contributed by atoms with Gasteiger partial charge in [0.1, 0.15) is 0 Å². The average molecular weight is 500 g/mol. The summed E-state index contributed by atoms with van der Waals surface area (Å²) in [6.45, 7) is 2.39. The van der Waals surface area contributed by atoms with Crippen LogP contribution in [0.5, 0.6) is 5.06 Å². The number of carbonyl (C=O) groups excluding carboxylic acids is 2. The summed E-state index contributed by atoms with van der Waals surface area (Å²) in [6.07, 6.45) is -0.00427. The minimum atomic E-state index is -0.559. The molecule has 1 unspecified atom stereocenters. The van der Waals surface area contributed by atoms with Crippen molar-refractivity contribution in [2.45, 2.75) is 31.2 Å². The highest BCUT2D eigenvalue weighted by Gasteiger charge is 2.38. The number of nitrogens with one attached hydrogen (secondary N) is 1. The lowest BCUT2D eigenvalue weighted by molar-refractivity contribution is 0.0587. The predicted octanol–water partition coefficient (Wildman–Crippen LogP) is 3.61. The molecule has 8 nitrogen and oxygen atoms in total. The number of amides is 2. The first kappa shape index (κ1) is 23.5. The molecule has 3 atom stereocenters. The van der Waals surface area contributed by atoms with E-state index in [4.69, 9.17) is 25.8 Å². The molecule has 1 N–H and O–H groups in total. The van der Waals surface area contributed by atoms with E-state index in [1.807, 2.05) is 13.1 Å². The van der Waals surface area contributed by atoms with Crippen molar-refractivity contribution in [3.63, 3.8) is 0 Å². The molecule has 0 aliphatic carbocycles. The van der Waals surface area contributed by atoms with Crippen LogP contribution in [-0.2, 0) is 16.0 Å². The molecule has 0 bridgehead atoms. The monoisotopic (exact) mass is 499 g/mol. The molecule has 2 aliphatic rings. The van der Waals surface area contributed by atoms with Gasteiger partial charge in [-0.15, -0.1) is 11.3 Å². The first-order valence-electron chi connectivity index (χ1n) is 10.3.